The van der Waals surface area contributed by atoms with Crippen molar-refractivity contribution in [3.05, 3.63) is 24.8 Å². The second-order valence-electron chi connectivity index (χ2n) is 4.41. The van der Waals surface area contributed by atoms with Gasteiger partial charge in [0.2, 0.25) is 0 Å². The van der Waals surface area contributed by atoms with Crippen molar-refractivity contribution < 1.29 is 5.11 Å². The lowest BCUT2D eigenvalue weighted by Crippen LogP contribution is -2.29. The zero-order valence-corrected chi connectivity index (χ0v) is 9.79. The summed E-state index contributed by atoms with van der Waals surface area (Å²) in [7, 11) is 0. The van der Waals surface area contributed by atoms with Gasteiger partial charge < -0.3 is 5.11 Å². The maximum atomic E-state index is 9.93. The average Bonchev–Trinajstić information content (AvgIpc) is 2.10. The quantitative estimate of drug-likeness (QED) is 0.486. The van der Waals surface area contributed by atoms with Crippen LogP contribution in [0.15, 0.2) is 24.8 Å². The number of aliphatic hydroxyl groups is 1. The van der Waals surface area contributed by atoms with Crippen molar-refractivity contribution in [1.82, 2.24) is 0 Å². The molecule has 0 heterocycles. The molecule has 0 aliphatic rings. The van der Waals surface area contributed by atoms with E-state index in [0.717, 1.165) is 25.7 Å². The number of rotatable bonds is 7. The van der Waals surface area contributed by atoms with Crippen LogP contribution in [0.5, 0.6) is 0 Å². The first-order valence-electron chi connectivity index (χ1n) is 5.49. The highest BCUT2D eigenvalue weighted by Gasteiger charge is 2.22. The number of allylic oxidation sites excluding steroid dienone is 2. The second-order valence-corrected chi connectivity index (χ2v) is 4.41. The molecule has 14 heavy (non-hydrogen) atoms. The standard InChI is InChI=1S/C13H24O/c1-5-6-7-8-9-10-11-13(4,14)12(2)3/h5,9-10,12,14H,1,6-8,11H2,2-4H3. The van der Waals surface area contributed by atoms with Crippen LogP contribution in [0.1, 0.15) is 46.5 Å². The Kier molecular flexibility index (Phi) is 6.56. The summed E-state index contributed by atoms with van der Waals surface area (Å²) in [5.41, 5.74) is -0.561. The molecule has 0 saturated heterocycles. The summed E-state index contributed by atoms with van der Waals surface area (Å²) in [5.74, 6) is 0.306. The molecule has 0 radical (unpaired) electrons. The van der Waals surface area contributed by atoms with E-state index in [9.17, 15) is 5.11 Å². The highest BCUT2D eigenvalue weighted by Crippen LogP contribution is 2.20. The fourth-order valence-electron chi connectivity index (χ4n) is 1.06. The van der Waals surface area contributed by atoms with E-state index in [-0.39, 0.29) is 0 Å². The lowest BCUT2D eigenvalue weighted by molar-refractivity contribution is 0.0165. The first-order chi connectivity index (χ1) is 6.50. The molecular formula is C13H24O. The summed E-state index contributed by atoms with van der Waals surface area (Å²) in [4.78, 5) is 0. The number of unbranched alkanes of at least 4 members (excludes halogenated alkanes) is 2. The molecule has 0 aromatic rings. The van der Waals surface area contributed by atoms with Crippen molar-refractivity contribution in [1.29, 1.82) is 0 Å². The highest BCUT2D eigenvalue weighted by atomic mass is 16.3. The lowest BCUT2D eigenvalue weighted by Gasteiger charge is -2.26. The Labute approximate surface area is 88.5 Å². The third-order valence-corrected chi connectivity index (χ3v) is 2.72. The Morgan fingerprint density at radius 2 is 1.93 bits per heavy atom. The first-order valence-corrected chi connectivity index (χ1v) is 5.49. The summed E-state index contributed by atoms with van der Waals surface area (Å²) >= 11 is 0. The van der Waals surface area contributed by atoms with E-state index in [1.807, 2.05) is 26.8 Å². The first kappa shape index (κ1) is 13.4. The van der Waals surface area contributed by atoms with Gasteiger partial charge in [0.15, 0.2) is 0 Å². The molecule has 0 aliphatic carbocycles. The Morgan fingerprint density at radius 3 is 2.43 bits per heavy atom. The Balaban J connectivity index is 3.65. The van der Waals surface area contributed by atoms with E-state index in [1.54, 1.807) is 0 Å². The summed E-state index contributed by atoms with van der Waals surface area (Å²) in [6.07, 6.45) is 10.2. The summed E-state index contributed by atoms with van der Waals surface area (Å²) in [6.45, 7) is 9.67. The minimum atomic E-state index is -0.561. The minimum Gasteiger partial charge on any atom is -0.390 e. The van der Waals surface area contributed by atoms with E-state index < -0.39 is 5.60 Å². The molecular weight excluding hydrogens is 172 g/mol. The maximum Gasteiger partial charge on any atom is 0.0676 e. The van der Waals surface area contributed by atoms with E-state index in [4.69, 9.17) is 0 Å². The summed E-state index contributed by atoms with van der Waals surface area (Å²) < 4.78 is 0. The molecule has 0 saturated carbocycles. The third-order valence-electron chi connectivity index (χ3n) is 2.72. The highest BCUT2D eigenvalue weighted by molar-refractivity contribution is 4.91. The predicted molar refractivity (Wildman–Crippen MR) is 63.3 cm³/mol. The smallest absolute Gasteiger partial charge is 0.0676 e. The van der Waals surface area contributed by atoms with E-state index >= 15 is 0 Å². The van der Waals surface area contributed by atoms with Gasteiger partial charge in [-0.05, 0) is 38.5 Å². The molecule has 0 bridgehead atoms. The van der Waals surface area contributed by atoms with E-state index in [1.165, 1.54) is 0 Å². The summed E-state index contributed by atoms with van der Waals surface area (Å²) in [6, 6.07) is 0. The molecule has 0 fully saturated rings. The van der Waals surface area contributed by atoms with Crippen LogP contribution < -0.4 is 0 Å². The van der Waals surface area contributed by atoms with Crippen molar-refractivity contribution in [3.63, 3.8) is 0 Å². The maximum absolute atomic E-state index is 9.93. The van der Waals surface area contributed by atoms with Crippen LogP contribution in [0.3, 0.4) is 0 Å². The molecule has 1 heteroatoms. The van der Waals surface area contributed by atoms with E-state index in [0.29, 0.717) is 5.92 Å². The third kappa shape index (κ3) is 5.98. The average molecular weight is 196 g/mol. The van der Waals surface area contributed by atoms with Crippen LogP contribution in [0.2, 0.25) is 0 Å². The molecule has 82 valence electrons. The fraction of sp³-hybridized carbons (Fsp3) is 0.692. The predicted octanol–water partition coefficient (Wildman–Crippen LogP) is 3.70. The van der Waals surface area contributed by atoms with Crippen molar-refractivity contribution in [2.24, 2.45) is 5.92 Å². The Hall–Kier alpha value is -0.560. The molecule has 1 nitrogen and oxygen atoms in total. The van der Waals surface area contributed by atoms with Gasteiger partial charge in [-0.25, -0.2) is 0 Å². The van der Waals surface area contributed by atoms with Crippen LogP contribution in [0.25, 0.3) is 0 Å². The van der Waals surface area contributed by atoms with Gasteiger partial charge in [-0.3, -0.25) is 0 Å². The van der Waals surface area contributed by atoms with Gasteiger partial charge in [-0.1, -0.05) is 32.1 Å². The van der Waals surface area contributed by atoms with Gasteiger partial charge in [0.05, 0.1) is 5.60 Å². The molecule has 0 aliphatic heterocycles. The topological polar surface area (TPSA) is 20.2 Å². The fourth-order valence-corrected chi connectivity index (χ4v) is 1.06. The van der Waals surface area contributed by atoms with Gasteiger partial charge in [-0.2, -0.15) is 0 Å². The van der Waals surface area contributed by atoms with Crippen LogP contribution in [0, 0.1) is 5.92 Å². The summed E-state index contributed by atoms with van der Waals surface area (Å²) in [5, 5.41) is 9.93. The number of hydrogen-bond acceptors (Lipinski definition) is 1. The zero-order chi connectivity index (χ0) is 11.0. The largest absolute Gasteiger partial charge is 0.390 e. The van der Waals surface area contributed by atoms with Gasteiger partial charge >= 0.3 is 0 Å². The Bertz CT molecular complexity index is 178. The van der Waals surface area contributed by atoms with E-state index in [2.05, 4.69) is 18.7 Å². The molecule has 0 spiro atoms. The second kappa shape index (κ2) is 6.83. The van der Waals surface area contributed by atoms with Crippen molar-refractivity contribution in [2.45, 2.75) is 52.1 Å². The minimum absolute atomic E-state index is 0.306. The van der Waals surface area contributed by atoms with Crippen LogP contribution in [0.4, 0.5) is 0 Å². The van der Waals surface area contributed by atoms with Crippen LogP contribution in [-0.4, -0.2) is 10.7 Å². The van der Waals surface area contributed by atoms with Crippen molar-refractivity contribution in [3.8, 4) is 0 Å². The Morgan fingerprint density at radius 1 is 1.29 bits per heavy atom. The van der Waals surface area contributed by atoms with Crippen LogP contribution >= 0.6 is 0 Å². The monoisotopic (exact) mass is 196 g/mol. The molecule has 0 aromatic heterocycles. The normalized spacial score (nSPS) is 16.1. The molecule has 0 aromatic carbocycles. The zero-order valence-electron chi connectivity index (χ0n) is 9.79. The van der Waals surface area contributed by atoms with Gasteiger partial charge in [0, 0.05) is 0 Å². The molecule has 0 amide bonds. The van der Waals surface area contributed by atoms with Crippen molar-refractivity contribution in [2.75, 3.05) is 0 Å². The molecule has 1 unspecified atom stereocenters. The SMILES string of the molecule is C=CCCCC=CCC(C)(O)C(C)C. The van der Waals surface area contributed by atoms with Gasteiger partial charge in [0.1, 0.15) is 0 Å². The van der Waals surface area contributed by atoms with Gasteiger partial charge in [-0.15, -0.1) is 6.58 Å². The molecule has 1 atom stereocenters. The molecule has 1 N–H and O–H groups in total. The van der Waals surface area contributed by atoms with Gasteiger partial charge in [0.25, 0.3) is 0 Å². The molecule has 0 rings (SSSR count). The van der Waals surface area contributed by atoms with Crippen LogP contribution in [-0.2, 0) is 0 Å². The van der Waals surface area contributed by atoms with Crippen molar-refractivity contribution >= 4 is 0 Å². The number of hydrogen-bond donors (Lipinski definition) is 1. The lowest BCUT2D eigenvalue weighted by atomic mass is 9.89.